The largest absolute Gasteiger partial charge is 0.379 e. The molecule has 3 heterocycles. The molecule has 0 amide bonds. The Hall–Kier alpha value is -2.97. The maximum atomic E-state index is 5.42. The van der Waals surface area contributed by atoms with Crippen LogP contribution in [0.5, 0.6) is 0 Å². The fourth-order valence-corrected chi connectivity index (χ4v) is 3.45. The summed E-state index contributed by atoms with van der Waals surface area (Å²) >= 11 is 0. The minimum atomic E-state index is 0.551. The summed E-state index contributed by atoms with van der Waals surface area (Å²) in [5, 5.41) is 15.1. The fraction of sp³-hybridized carbons (Fsp3) is 0.409. The molecule has 158 valence electrons. The quantitative estimate of drug-likeness (QED) is 0.459. The van der Waals surface area contributed by atoms with Crippen LogP contribution in [0, 0.1) is 0 Å². The molecule has 8 nitrogen and oxygen atoms in total. The van der Waals surface area contributed by atoms with E-state index in [1.807, 2.05) is 28.8 Å². The van der Waals surface area contributed by atoms with Crippen LogP contribution in [0.15, 0.2) is 53.7 Å². The van der Waals surface area contributed by atoms with Gasteiger partial charge in [0.1, 0.15) is 0 Å². The molecule has 4 rings (SSSR count). The number of ether oxygens (including phenoxy) is 1. The Bertz CT molecular complexity index is 961. The number of guanidine groups is 1. The molecule has 0 radical (unpaired) electrons. The van der Waals surface area contributed by atoms with E-state index in [4.69, 9.17) is 9.73 Å². The van der Waals surface area contributed by atoms with Gasteiger partial charge in [-0.15, -0.1) is 10.2 Å². The van der Waals surface area contributed by atoms with E-state index in [0.29, 0.717) is 13.1 Å². The molecule has 8 heteroatoms. The summed E-state index contributed by atoms with van der Waals surface area (Å²) in [6.45, 7) is 8.67. The highest BCUT2D eigenvalue weighted by Crippen LogP contribution is 2.10. The molecule has 1 saturated heterocycles. The highest BCUT2D eigenvalue weighted by molar-refractivity contribution is 5.79. The van der Waals surface area contributed by atoms with Crippen LogP contribution in [0.1, 0.15) is 23.9 Å². The van der Waals surface area contributed by atoms with Gasteiger partial charge < -0.3 is 15.4 Å². The molecular weight excluding hydrogens is 378 g/mol. The van der Waals surface area contributed by atoms with E-state index in [1.165, 1.54) is 11.1 Å². The maximum Gasteiger partial charge on any atom is 0.191 e. The lowest BCUT2D eigenvalue weighted by molar-refractivity contribution is 0.0342. The molecule has 3 aromatic rings. The SMILES string of the molecule is CCNC(=NCc1ccc(CN2CCOCC2)cc1)NCc1nnc2ccccn12. The number of hydrogen-bond acceptors (Lipinski definition) is 5. The smallest absolute Gasteiger partial charge is 0.191 e. The summed E-state index contributed by atoms with van der Waals surface area (Å²) in [4.78, 5) is 7.15. The first-order valence-corrected chi connectivity index (χ1v) is 10.5. The lowest BCUT2D eigenvalue weighted by Crippen LogP contribution is -2.37. The van der Waals surface area contributed by atoms with Crippen molar-refractivity contribution in [2.24, 2.45) is 4.99 Å². The second-order valence-electron chi connectivity index (χ2n) is 7.30. The van der Waals surface area contributed by atoms with Crippen LogP contribution in [0.3, 0.4) is 0 Å². The standard InChI is InChI=1S/C22H29N7O/c1-2-23-22(25-16-21-27-26-20-5-3-4-10-29(20)21)24-15-18-6-8-19(9-7-18)17-28-11-13-30-14-12-28/h3-10H,2,11-17H2,1H3,(H2,23,24,25). The molecule has 0 bridgehead atoms. The highest BCUT2D eigenvalue weighted by atomic mass is 16.5. The first kappa shape index (κ1) is 20.3. The van der Waals surface area contributed by atoms with Crippen LogP contribution >= 0.6 is 0 Å². The van der Waals surface area contributed by atoms with Gasteiger partial charge in [-0.2, -0.15) is 0 Å². The second-order valence-corrected chi connectivity index (χ2v) is 7.30. The third-order valence-corrected chi connectivity index (χ3v) is 5.10. The zero-order valence-electron chi connectivity index (χ0n) is 17.4. The van der Waals surface area contributed by atoms with Gasteiger partial charge in [-0.3, -0.25) is 9.30 Å². The van der Waals surface area contributed by atoms with Crippen molar-refractivity contribution in [3.8, 4) is 0 Å². The van der Waals surface area contributed by atoms with Crippen molar-refractivity contribution < 1.29 is 4.74 Å². The summed E-state index contributed by atoms with van der Waals surface area (Å²) in [5.74, 6) is 1.62. The van der Waals surface area contributed by atoms with Gasteiger partial charge in [-0.1, -0.05) is 30.3 Å². The van der Waals surface area contributed by atoms with E-state index in [-0.39, 0.29) is 0 Å². The van der Waals surface area contributed by atoms with Gasteiger partial charge in [-0.25, -0.2) is 4.99 Å². The molecule has 0 spiro atoms. The van der Waals surface area contributed by atoms with E-state index >= 15 is 0 Å². The molecule has 1 aromatic carbocycles. The van der Waals surface area contributed by atoms with Gasteiger partial charge in [0, 0.05) is 32.4 Å². The normalized spacial score (nSPS) is 15.4. The number of aromatic nitrogens is 3. The fourth-order valence-electron chi connectivity index (χ4n) is 3.45. The molecule has 2 aromatic heterocycles. The Morgan fingerprint density at radius 3 is 2.63 bits per heavy atom. The monoisotopic (exact) mass is 407 g/mol. The van der Waals surface area contributed by atoms with Crippen LogP contribution < -0.4 is 10.6 Å². The predicted molar refractivity (Wildman–Crippen MR) is 117 cm³/mol. The van der Waals surface area contributed by atoms with Crippen LogP contribution in [-0.2, 0) is 24.4 Å². The second kappa shape index (κ2) is 10.2. The molecule has 30 heavy (non-hydrogen) atoms. The molecule has 1 aliphatic heterocycles. The Balaban J connectivity index is 1.34. The van der Waals surface area contributed by atoms with Crippen molar-refractivity contribution in [3.05, 3.63) is 65.6 Å². The molecule has 1 fully saturated rings. The van der Waals surface area contributed by atoms with Crippen molar-refractivity contribution in [2.45, 2.75) is 26.6 Å². The highest BCUT2D eigenvalue weighted by Gasteiger charge is 2.10. The predicted octanol–water partition coefficient (Wildman–Crippen LogP) is 1.82. The summed E-state index contributed by atoms with van der Waals surface area (Å²) in [6.07, 6.45) is 1.97. The Morgan fingerprint density at radius 1 is 1.03 bits per heavy atom. The first-order chi connectivity index (χ1) is 14.8. The summed E-state index contributed by atoms with van der Waals surface area (Å²) in [5.41, 5.74) is 3.35. The number of hydrogen-bond donors (Lipinski definition) is 2. The molecular formula is C22H29N7O. The molecule has 0 saturated carbocycles. The van der Waals surface area contributed by atoms with Crippen LogP contribution in [0.25, 0.3) is 5.65 Å². The van der Waals surface area contributed by atoms with Gasteiger partial charge in [-0.05, 0) is 30.2 Å². The number of fused-ring (bicyclic) bond motifs is 1. The lowest BCUT2D eigenvalue weighted by atomic mass is 10.1. The van der Waals surface area contributed by atoms with Gasteiger partial charge in [0.05, 0.1) is 26.3 Å². The van der Waals surface area contributed by atoms with E-state index < -0.39 is 0 Å². The Kier molecular flexibility index (Phi) is 6.89. The third-order valence-electron chi connectivity index (χ3n) is 5.10. The van der Waals surface area contributed by atoms with Crippen molar-refractivity contribution >= 4 is 11.6 Å². The van der Waals surface area contributed by atoms with Gasteiger partial charge in [0.15, 0.2) is 17.4 Å². The summed E-state index contributed by atoms with van der Waals surface area (Å²) < 4.78 is 7.39. The van der Waals surface area contributed by atoms with E-state index in [9.17, 15) is 0 Å². The van der Waals surface area contributed by atoms with Crippen LogP contribution in [0.4, 0.5) is 0 Å². The Labute approximate surface area is 177 Å². The average molecular weight is 408 g/mol. The average Bonchev–Trinajstić information content (AvgIpc) is 3.20. The number of aliphatic imine (C=N–C) groups is 1. The number of benzene rings is 1. The van der Waals surface area contributed by atoms with Gasteiger partial charge >= 0.3 is 0 Å². The third kappa shape index (κ3) is 5.34. The van der Waals surface area contributed by atoms with Crippen molar-refractivity contribution in [3.63, 3.8) is 0 Å². The topological polar surface area (TPSA) is 79.1 Å². The van der Waals surface area contributed by atoms with Crippen LogP contribution in [-0.4, -0.2) is 58.3 Å². The minimum absolute atomic E-state index is 0.551. The number of morpholine rings is 1. The maximum absolute atomic E-state index is 5.42. The van der Waals surface area contributed by atoms with Crippen molar-refractivity contribution in [2.75, 3.05) is 32.8 Å². The number of nitrogens with one attached hydrogen (secondary N) is 2. The minimum Gasteiger partial charge on any atom is -0.379 e. The zero-order chi connectivity index (χ0) is 20.6. The number of rotatable bonds is 7. The molecule has 0 atom stereocenters. The molecule has 0 unspecified atom stereocenters. The van der Waals surface area contributed by atoms with E-state index in [2.05, 4.69) is 56.9 Å². The number of pyridine rings is 1. The van der Waals surface area contributed by atoms with Gasteiger partial charge in [0.2, 0.25) is 0 Å². The zero-order valence-corrected chi connectivity index (χ0v) is 17.4. The molecule has 0 aliphatic carbocycles. The summed E-state index contributed by atoms with van der Waals surface area (Å²) in [6, 6.07) is 14.6. The van der Waals surface area contributed by atoms with E-state index in [0.717, 1.165) is 56.8 Å². The van der Waals surface area contributed by atoms with Crippen molar-refractivity contribution in [1.82, 2.24) is 30.1 Å². The van der Waals surface area contributed by atoms with E-state index in [1.54, 1.807) is 0 Å². The van der Waals surface area contributed by atoms with Crippen molar-refractivity contribution in [1.29, 1.82) is 0 Å². The number of nitrogens with zero attached hydrogens (tertiary/aromatic N) is 5. The lowest BCUT2D eigenvalue weighted by Gasteiger charge is -2.26. The van der Waals surface area contributed by atoms with Gasteiger partial charge in [0.25, 0.3) is 0 Å². The Morgan fingerprint density at radius 2 is 1.83 bits per heavy atom. The summed E-state index contributed by atoms with van der Waals surface area (Å²) in [7, 11) is 0. The molecule has 2 N–H and O–H groups in total. The van der Waals surface area contributed by atoms with Crippen LogP contribution in [0.2, 0.25) is 0 Å². The molecule has 1 aliphatic rings. The first-order valence-electron chi connectivity index (χ1n) is 10.5.